The third-order valence-electron chi connectivity index (χ3n) is 3.14. The summed E-state index contributed by atoms with van der Waals surface area (Å²) in [7, 11) is 0. The first-order valence-corrected chi connectivity index (χ1v) is 5.61. The lowest BCUT2D eigenvalue weighted by Crippen LogP contribution is -2.48. The monoisotopic (exact) mass is 258 g/mol. The van der Waals surface area contributed by atoms with E-state index < -0.39 is 18.1 Å². The lowest BCUT2D eigenvalue weighted by atomic mass is 9.92. The van der Waals surface area contributed by atoms with Crippen molar-refractivity contribution >= 4 is 5.91 Å². The van der Waals surface area contributed by atoms with Gasteiger partial charge in [-0.05, 0) is 17.5 Å². The fraction of sp³-hybridized carbons (Fsp3) is 0.417. The summed E-state index contributed by atoms with van der Waals surface area (Å²) >= 11 is 0. The van der Waals surface area contributed by atoms with Gasteiger partial charge in [-0.15, -0.1) is 0 Å². The van der Waals surface area contributed by atoms with Crippen LogP contribution < -0.4 is 5.73 Å². The fourth-order valence-corrected chi connectivity index (χ4v) is 2.31. The second kappa shape index (κ2) is 4.61. The Morgan fingerprint density at radius 3 is 2.67 bits per heavy atom. The lowest BCUT2D eigenvalue weighted by Gasteiger charge is -2.37. The van der Waals surface area contributed by atoms with Crippen molar-refractivity contribution in [2.45, 2.75) is 18.6 Å². The topological polar surface area (TPSA) is 46.3 Å². The summed E-state index contributed by atoms with van der Waals surface area (Å²) in [5.41, 5.74) is 7.20. The number of nitrogens with zero attached hydrogens (tertiary/aromatic N) is 1. The number of amides is 1. The Labute approximate surface area is 102 Å². The molecule has 0 aliphatic carbocycles. The molecule has 6 heteroatoms. The Hall–Kier alpha value is -1.56. The predicted molar refractivity (Wildman–Crippen MR) is 59.7 cm³/mol. The van der Waals surface area contributed by atoms with Crippen LogP contribution >= 0.6 is 0 Å². The van der Waals surface area contributed by atoms with Crippen LogP contribution in [0.3, 0.4) is 0 Å². The molecule has 0 aromatic heterocycles. The molecule has 1 heterocycles. The summed E-state index contributed by atoms with van der Waals surface area (Å²) in [6.07, 6.45) is -4.42. The van der Waals surface area contributed by atoms with Gasteiger partial charge in [0.15, 0.2) is 0 Å². The number of benzene rings is 1. The molecule has 2 N–H and O–H groups in total. The van der Waals surface area contributed by atoms with E-state index in [1.807, 2.05) is 12.1 Å². The Kier molecular flexibility index (Phi) is 3.30. The molecule has 1 aromatic rings. The van der Waals surface area contributed by atoms with E-state index in [1.54, 1.807) is 12.1 Å². The van der Waals surface area contributed by atoms with Gasteiger partial charge in [-0.2, -0.15) is 13.2 Å². The van der Waals surface area contributed by atoms with Crippen LogP contribution in [0.4, 0.5) is 13.2 Å². The molecule has 1 aliphatic heterocycles. The summed E-state index contributed by atoms with van der Waals surface area (Å²) < 4.78 is 37.5. The van der Waals surface area contributed by atoms with Gasteiger partial charge >= 0.3 is 12.1 Å². The number of nitrogens with two attached hydrogens (primary N) is 1. The highest BCUT2D eigenvalue weighted by molar-refractivity contribution is 5.82. The minimum atomic E-state index is -4.85. The van der Waals surface area contributed by atoms with E-state index in [4.69, 9.17) is 5.73 Å². The average molecular weight is 258 g/mol. The first-order valence-electron chi connectivity index (χ1n) is 5.61. The van der Waals surface area contributed by atoms with E-state index in [2.05, 4.69) is 0 Å². The molecular weight excluding hydrogens is 245 g/mol. The van der Waals surface area contributed by atoms with Crippen LogP contribution in [-0.2, 0) is 11.2 Å². The number of hydrogen-bond donors (Lipinski definition) is 1. The van der Waals surface area contributed by atoms with Gasteiger partial charge < -0.3 is 10.6 Å². The maximum absolute atomic E-state index is 12.5. The second-order valence-electron chi connectivity index (χ2n) is 4.20. The Bertz CT molecular complexity index is 459. The largest absolute Gasteiger partial charge is 0.471 e. The van der Waals surface area contributed by atoms with Crippen molar-refractivity contribution in [1.82, 2.24) is 4.90 Å². The van der Waals surface area contributed by atoms with Gasteiger partial charge in [0.05, 0.1) is 6.04 Å². The molecule has 1 amide bonds. The van der Waals surface area contributed by atoms with E-state index >= 15 is 0 Å². The van der Waals surface area contributed by atoms with Crippen molar-refractivity contribution in [2.24, 2.45) is 5.73 Å². The van der Waals surface area contributed by atoms with E-state index in [0.717, 1.165) is 10.5 Å². The van der Waals surface area contributed by atoms with Gasteiger partial charge in [-0.3, -0.25) is 4.79 Å². The molecule has 0 fully saturated rings. The van der Waals surface area contributed by atoms with E-state index in [0.29, 0.717) is 12.0 Å². The van der Waals surface area contributed by atoms with Gasteiger partial charge in [-0.25, -0.2) is 0 Å². The molecule has 1 aromatic carbocycles. The summed E-state index contributed by atoms with van der Waals surface area (Å²) in [6.45, 7) is 0.0378. The van der Waals surface area contributed by atoms with Crippen LogP contribution in [0.25, 0.3) is 0 Å². The van der Waals surface area contributed by atoms with Crippen molar-refractivity contribution in [2.75, 3.05) is 13.1 Å². The molecular formula is C12H13F3N2O. The molecule has 0 spiro atoms. The third-order valence-corrected chi connectivity index (χ3v) is 3.14. The molecule has 1 atom stereocenters. The van der Waals surface area contributed by atoms with Crippen molar-refractivity contribution < 1.29 is 18.0 Å². The Balaban J connectivity index is 2.34. The first-order chi connectivity index (χ1) is 8.45. The number of alkyl halides is 3. The van der Waals surface area contributed by atoms with Gasteiger partial charge in [-0.1, -0.05) is 24.3 Å². The number of rotatable bonds is 1. The van der Waals surface area contributed by atoms with Crippen molar-refractivity contribution in [1.29, 1.82) is 0 Å². The Morgan fingerprint density at radius 1 is 1.39 bits per heavy atom. The number of fused-ring (bicyclic) bond motifs is 1. The number of carbonyl (C=O) groups excluding carboxylic acids is 1. The highest BCUT2D eigenvalue weighted by atomic mass is 19.4. The van der Waals surface area contributed by atoms with Crippen LogP contribution in [0.15, 0.2) is 24.3 Å². The summed E-state index contributed by atoms with van der Waals surface area (Å²) in [5, 5.41) is 0. The standard InChI is InChI=1S/C12H13F3N2O/c13-12(14,15)11(18)17-6-5-8-3-1-2-4-9(8)10(17)7-16/h1-4,10H,5-7,16H2. The maximum atomic E-state index is 12.5. The molecule has 18 heavy (non-hydrogen) atoms. The van der Waals surface area contributed by atoms with Gasteiger partial charge in [0.25, 0.3) is 0 Å². The Morgan fingerprint density at radius 2 is 2.06 bits per heavy atom. The van der Waals surface area contributed by atoms with Crippen molar-refractivity contribution in [3.63, 3.8) is 0 Å². The summed E-state index contributed by atoms with van der Waals surface area (Å²) in [5.74, 6) is -1.81. The zero-order valence-corrected chi connectivity index (χ0v) is 9.57. The average Bonchev–Trinajstić information content (AvgIpc) is 2.35. The minimum Gasteiger partial charge on any atom is -0.328 e. The first kappa shape index (κ1) is 12.9. The molecule has 0 bridgehead atoms. The highest BCUT2D eigenvalue weighted by Gasteiger charge is 2.45. The molecule has 3 nitrogen and oxygen atoms in total. The molecule has 2 rings (SSSR count). The summed E-state index contributed by atoms with van der Waals surface area (Å²) in [6, 6.07) is 6.45. The lowest BCUT2D eigenvalue weighted by molar-refractivity contribution is -0.188. The number of carbonyl (C=O) groups is 1. The third kappa shape index (κ3) is 2.20. The second-order valence-corrected chi connectivity index (χ2v) is 4.20. The van der Waals surface area contributed by atoms with Crippen LogP contribution in [0.1, 0.15) is 17.2 Å². The molecule has 1 aliphatic rings. The molecule has 0 saturated carbocycles. The fourth-order valence-electron chi connectivity index (χ4n) is 2.31. The molecule has 1 unspecified atom stereocenters. The van der Waals surface area contributed by atoms with Crippen LogP contribution in [0.5, 0.6) is 0 Å². The van der Waals surface area contributed by atoms with Crippen molar-refractivity contribution in [3.8, 4) is 0 Å². The van der Waals surface area contributed by atoms with Crippen LogP contribution in [0.2, 0.25) is 0 Å². The predicted octanol–water partition coefficient (Wildman–Crippen LogP) is 1.63. The van der Waals surface area contributed by atoms with E-state index in [1.165, 1.54) is 0 Å². The van der Waals surface area contributed by atoms with E-state index in [9.17, 15) is 18.0 Å². The normalized spacial score (nSPS) is 19.6. The number of hydrogen-bond acceptors (Lipinski definition) is 2. The SMILES string of the molecule is NCC1c2ccccc2CCN1C(=O)C(F)(F)F. The van der Waals surface area contributed by atoms with E-state index in [-0.39, 0.29) is 13.1 Å². The molecule has 0 saturated heterocycles. The highest BCUT2D eigenvalue weighted by Crippen LogP contribution is 2.32. The van der Waals surface area contributed by atoms with Gasteiger partial charge in [0, 0.05) is 13.1 Å². The van der Waals surface area contributed by atoms with Crippen LogP contribution in [0, 0.1) is 0 Å². The zero-order valence-electron chi connectivity index (χ0n) is 9.57. The number of halogens is 3. The van der Waals surface area contributed by atoms with Gasteiger partial charge in [0.2, 0.25) is 0 Å². The smallest absolute Gasteiger partial charge is 0.328 e. The minimum absolute atomic E-state index is 0.0150. The van der Waals surface area contributed by atoms with Crippen LogP contribution in [-0.4, -0.2) is 30.1 Å². The maximum Gasteiger partial charge on any atom is 0.471 e. The zero-order chi connectivity index (χ0) is 13.3. The summed E-state index contributed by atoms with van der Waals surface area (Å²) in [4.78, 5) is 12.2. The quantitative estimate of drug-likeness (QED) is 0.832. The van der Waals surface area contributed by atoms with Gasteiger partial charge in [0.1, 0.15) is 0 Å². The molecule has 0 radical (unpaired) electrons. The molecule has 98 valence electrons. The van der Waals surface area contributed by atoms with Crippen molar-refractivity contribution in [3.05, 3.63) is 35.4 Å².